The third-order valence-corrected chi connectivity index (χ3v) is 5.54. The molecule has 0 amide bonds. The van der Waals surface area contributed by atoms with Gasteiger partial charge in [0.1, 0.15) is 12.4 Å². The van der Waals surface area contributed by atoms with E-state index in [4.69, 9.17) is 4.74 Å². The summed E-state index contributed by atoms with van der Waals surface area (Å²) < 4.78 is 8.04. The third kappa shape index (κ3) is 3.83. The Morgan fingerprint density at radius 3 is 2.58 bits per heavy atom. The summed E-state index contributed by atoms with van der Waals surface area (Å²) in [4.78, 5) is 14.9. The summed E-state index contributed by atoms with van der Waals surface area (Å²) in [7, 11) is 0. The smallest absolute Gasteiger partial charge is 0.248 e. The van der Waals surface area contributed by atoms with Crippen molar-refractivity contribution >= 4 is 21.8 Å². The number of ether oxygens (including phenoxy) is 1. The number of rotatable bonds is 6. The van der Waals surface area contributed by atoms with Gasteiger partial charge < -0.3 is 19.4 Å². The molecule has 154 valence electrons. The number of hydrogen-bond acceptors (Lipinski definition) is 3. The van der Waals surface area contributed by atoms with Crippen molar-refractivity contribution in [2.45, 2.75) is 19.3 Å². The molecule has 1 atom stereocenters. The van der Waals surface area contributed by atoms with Crippen molar-refractivity contribution in [1.29, 1.82) is 0 Å². The van der Waals surface area contributed by atoms with E-state index in [1.165, 1.54) is 6.07 Å². The number of hydrogen-bond donors (Lipinski definition) is 2. The quantitative estimate of drug-likeness (QED) is 0.423. The molecule has 2 aromatic heterocycles. The number of fused-ring (bicyclic) bond motifs is 2. The normalized spacial score (nSPS) is 12.3. The van der Waals surface area contributed by atoms with Crippen LogP contribution < -0.4 is 10.3 Å². The first-order valence-electron chi connectivity index (χ1n) is 10.2. The summed E-state index contributed by atoms with van der Waals surface area (Å²) in [5.74, 6) is 0.582. The minimum Gasteiger partial charge on any atom is -0.487 e. The van der Waals surface area contributed by atoms with Gasteiger partial charge in [-0.3, -0.25) is 4.79 Å². The van der Waals surface area contributed by atoms with Gasteiger partial charge in [-0.05, 0) is 40.8 Å². The van der Waals surface area contributed by atoms with E-state index in [1.54, 1.807) is 6.07 Å². The zero-order valence-corrected chi connectivity index (χ0v) is 16.9. The van der Waals surface area contributed by atoms with E-state index in [2.05, 4.69) is 11.1 Å². The summed E-state index contributed by atoms with van der Waals surface area (Å²) in [5, 5.41) is 13.0. The molecule has 5 nitrogen and oxygen atoms in total. The largest absolute Gasteiger partial charge is 0.487 e. The number of aliphatic hydroxyl groups excluding tert-OH is 1. The Morgan fingerprint density at radius 1 is 0.903 bits per heavy atom. The second-order valence-corrected chi connectivity index (χ2v) is 7.58. The third-order valence-electron chi connectivity index (χ3n) is 5.54. The molecule has 0 saturated carbocycles. The van der Waals surface area contributed by atoms with Gasteiger partial charge in [0.25, 0.3) is 0 Å². The van der Waals surface area contributed by atoms with Gasteiger partial charge in [0.15, 0.2) is 0 Å². The zero-order valence-electron chi connectivity index (χ0n) is 16.9. The van der Waals surface area contributed by atoms with Crippen molar-refractivity contribution in [1.82, 2.24) is 9.55 Å². The summed E-state index contributed by atoms with van der Waals surface area (Å²) in [6.07, 6.45) is 1.24. The van der Waals surface area contributed by atoms with Crippen molar-refractivity contribution in [3.8, 4) is 5.75 Å². The van der Waals surface area contributed by atoms with Crippen LogP contribution >= 0.6 is 0 Å². The van der Waals surface area contributed by atoms with Crippen LogP contribution in [0.25, 0.3) is 21.8 Å². The van der Waals surface area contributed by atoms with E-state index in [0.29, 0.717) is 24.4 Å². The molecular formula is C26H22N2O3. The lowest BCUT2D eigenvalue weighted by atomic mass is 10.0. The van der Waals surface area contributed by atoms with E-state index in [-0.39, 0.29) is 5.56 Å². The van der Waals surface area contributed by atoms with Crippen molar-refractivity contribution in [3.63, 3.8) is 0 Å². The molecule has 3 aromatic carbocycles. The molecule has 0 radical (unpaired) electrons. The standard InChI is InChI=1S/C26H22N2O3/c29-23(16-28-15-14-19-8-4-5-9-22(19)28)20-10-12-24(26-21(20)11-13-25(30)27-26)31-17-18-6-2-1-3-7-18/h1-15,23,29H,16-17H2,(H,27,30). The van der Waals surface area contributed by atoms with E-state index in [1.807, 2.05) is 77.5 Å². The molecule has 0 bridgehead atoms. The van der Waals surface area contributed by atoms with Gasteiger partial charge >= 0.3 is 0 Å². The first kappa shape index (κ1) is 19.2. The van der Waals surface area contributed by atoms with E-state index in [0.717, 1.165) is 27.4 Å². The number of aliphatic hydroxyl groups is 1. The Bertz CT molecular complexity index is 1400. The molecule has 0 saturated heterocycles. The summed E-state index contributed by atoms with van der Waals surface area (Å²) in [6.45, 7) is 0.802. The fourth-order valence-corrected chi connectivity index (χ4v) is 3.98. The summed E-state index contributed by atoms with van der Waals surface area (Å²) in [5.41, 5.74) is 3.24. The molecule has 1 unspecified atom stereocenters. The molecule has 5 aromatic rings. The lowest BCUT2D eigenvalue weighted by Gasteiger charge is -2.17. The Kier molecular flexibility index (Phi) is 5.02. The lowest BCUT2D eigenvalue weighted by molar-refractivity contribution is 0.159. The van der Waals surface area contributed by atoms with Crippen molar-refractivity contribution in [3.05, 3.63) is 113 Å². The first-order valence-corrected chi connectivity index (χ1v) is 10.2. The van der Waals surface area contributed by atoms with Crippen LogP contribution in [0.3, 0.4) is 0 Å². The number of aromatic amines is 1. The van der Waals surface area contributed by atoms with Crippen LogP contribution in [0.4, 0.5) is 0 Å². The second kappa shape index (κ2) is 8.13. The maximum atomic E-state index is 12.0. The Morgan fingerprint density at radius 2 is 1.71 bits per heavy atom. The Hall–Kier alpha value is -3.83. The van der Waals surface area contributed by atoms with Gasteiger partial charge in [0, 0.05) is 23.2 Å². The van der Waals surface area contributed by atoms with Crippen LogP contribution in [0.5, 0.6) is 5.75 Å². The average Bonchev–Trinajstić information content (AvgIpc) is 3.21. The molecule has 0 fully saturated rings. The highest BCUT2D eigenvalue weighted by Crippen LogP contribution is 2.31. The van der Waals surface area contributed by atoms with E-state index in [9.17, 15) is 9.90 Å². The molecule has 0 aliphatic heterocycles. The molecule has 31 heavy (non-hydrogen) atoms. The van der Waals surface area contributed by atoms with Crippen LogP contribution in [0.15, 0.2) is 95.9 Å². The van der Waals surface area contributed by atoms with Gasteiger partial charge in [-0.1, -0.05) is 54.6 Å². The maximum absolute atomic E-state index is 12.0. The Labute approximate surface area is 179 Å². The lowest BCUT2D eigenvalue weighted by Crippen LogP contribution is -2.11. The molecule has 0 aliphatic carbocycles. The summed E-state index contributed by atoms with van der Waals surface area (Å²) >= 11 is 0. The fourth-order valence-electron chi connectivity index (χ4n) is 3.98. The fraction of sp³-hybridized carbons (Fsp3) is 0.115. The van der Waals surface area contributed by atoms with Crippen LogP contribution in [0.1, 0.15) is 17.2 Å². The molecule has 5 rings (SSSR count). The van der Waals surface area contributed by atoms with Gasteiger partial charge in [-0.2, -0.15) is 0 Å². The molecule has 2 heterocycles. The highest BCUT2D eigenvalue weighted by Gasteiger charge is 2.16. The molecule has 5 heteroatoms. The minimum atomic E-state index is -0.743. The van der Waals surface area contributed by atoms with E-state index >= 15 is 0 Å². The topological polar surface area (TPSA) is 67.2 Å². The van der Waals surface area contributed by atoms with Gasteiger partial charge in [-0.15, -0.1) is 0 Å². The van der Waals surface area contributed by atoms with Gasteiger partial charge in [-0.25, -0.2) is 0 Å². The SMILES string of the molecule is O=c1ccc2c(C(O)Cn3ccc4ccccc43)ccc(OCc3ccccc3)c2[nH]1. The number of benzene rings is 3. The van der Waals surface area contributed by atoms with Crippen LogP contribution in [0.2, 0.25) is 0 Å². The monoisotopic (exact) mass is 410 g/mol. The number of H-pyrrole nitrogens is 1. The number of nitrogens with one attached hydrogen (secondary N) is 1. The predicted octanol–water partition coefficient (Wildman–Crippen LogP) is 4.80. The van der Waals surface area contributed by atoms with Gasteiger partial charge in [0.2, 0.25) is 5.56 Å². The maximum Gasteiger partial charge on any atom is 0.248 e. The second-order valence-electron chi connectivity index (χ2n) is 7.58. The first-order chi connectivity index (χ1) is 15.2. The van der Waals surface area contributed by atoms with E-state index < -0.39 is 6.10 Å². The highest BCUT2D eigenvalue weighted by molar-refractivity contribution is 5.88. The van der Waals surface area contributed by atoms with Crippen LogP contribution in [-0.4, -0.2) is 14.7 Å². The number of para-hydroxylation sites is 1. The van der Waals surface area contributed by atoms with Crippen molar-refractivity contribution in [2.75, 3.05) is 0 Å². The average molecular weight is 410 g/mol. The van der Waals surface area contributed by atoms with Gasteiger partial charge in [0.05, 0.1) is 18.2 Å². The predicted molar refractivity (Wildman–Crippen MR) is 122 cm³/mol. The number of nitrogens with zero attached hydrogens (tertiary/aromatic N) is 1. The zero-order chi connectivity index (χ0) is 21.2. The highest BCUT2D eigenvalue weighted by atomic mass is 16.5. The molecule has 0 aliphatic rings. The van der Waals surface area contributed by atoms with Crippen LogP contribution in [0, 0.1) is 0 Å². The summed E-state index contributed by atoms with van der Waals surface area (Å²) in [6, 6.07) is 26.9. The van der Waals surface area contributed by atoms with Crippen molar-refractivity contribution < 1.29 is 9.84 Å². The molecule has 2 N–H and O–H groups in total. The molecular weight excluding hydrogens is 388 g/mol. The molecule has 0 spiro atoms. The minimum absolute atomic E-state index is 0.208. The number of aromatic nitrogens is 2. The van der Waals surface area contributed by atoms with Crippen molar-refractivity contribution in [2.24, 2.45) is 0 Å². The number of pyridine rings is 1. The Balaban J connectivity index is 1.48. The van der Waals surface area contributed by atoms with Crippen LogP contribution in [-0.2, 0) is 13.2 Å².